The number of benzene rings is 1. The highest BCUT2D eigenvalue weighted by molar-refractivity contribution is 8.04. The number of aromatic nitrogens is 1. The second kappa shape index (κ2) is 8.95. The molecule has 0 spiro atoms. The number of alkyl halides is 3. The van der Waals surface area contributed by atoms with Gasteiger partial charge in [-0.3, -0.25) is 9.78 Å². The topological polar surface area (TPSA) is 120 Å². The van der Waals surface area contributed by atoms with Gasteiger partial charge in [0.1, 0.15) is 11.4 Å². The van der Waals surface area contributed by atoms with Crippen molar-refractivity contribution in [3.05, 3.63) is 70.0 Å². The molecule has 1 atom stereocenters. The first-order valence-electron chi connectivity index (χ1n) is 9.28. The highest BCUT2D eigenvalue weighted by atomic mass is 32.2. The summed E-state index contributed by atoms with van der Waals surface area (Å²) in [4.78, 5) is 17.4. The Bertz CT molecular complexity index is 1240. The van der Waals surface area contributed by atoms with Crippen molar-refractivity contribution in [2.75, 3.05) is 11.2 Å². The lowest BCUT2D eigenvalue weighted by Gasteiger charge is -2.36. The maximum Gasteiger partial charge on any atom is 0.433 e. The first-order chi connectivity index (χ1) is 15.3. The summed E-state index contributed by atoms with van der Waals surface area (Å²) in [6, 6.07) is 10.3. The summed E-state index contributed by atoms with van der Waals surface area (Å²) < 4.78 is 64.8. The third kappa shape index (κ3) is 5.23. The highest BCUT2D eigenvalue weighted by Gasteiger charge is 2.43. The normalized spacial score (nSPS) is 16.6. The van der Waals surface area contributed by atoms with Gasteiger partial charge in [0.15, 0.2) is 5.50 Å². The van der Waals surface area contributed by atoms with Crippen LogP contribution in [0.1, 0.15) is 23.7 Å². The monoisotopic (exact) mass is 497 g/mol. The number of carbonyl (C=O) groups excluding carboxylic acids is 1. The molecule has 1 amide bonds. The molecule has 8 nitrogen and oxygen atoms in total. The van der Waals surface area contributed by atoms with Crippen molar-refractivity contribution < 1.29 is 26.4 Å². The number of thioether (sulfide) groups is 1. The van der Waals surface area contributed by atoms with Gasteiger partial charge in [0.05, 0.1) is 17.9 Å². The average molecular weight is 498 g/mol. The number of pyridine rings is 1. The Hall–Kier alpha value is -3.24. The second-order valence-corrected chi connectivity index (χ2v) is 10.2. The van der Waals surface area contributed by atoms with Gasteiger partial charge in [-0.15, -0.1) is 0 Å². The fraction of sp³-hybridized carbons (Fsp3) is 0.250. The lowest BCUT2D eigenvalue weighted by atomic mass is 10.2. The molecule has 3 rings (SSSR count). The van der Waals surface area contributed by atoms with E-state index in [-0.39, 0.29) is 12.2 Å². The van der Waals surface area contributed by atoms with Crippen LogP contribution in [-0.4, -0.2) is 35.4 Å². The summed E-state index contributed by atoms with van der Waals surface area (Å²) in [5, 5.41) is 9.07. The first-order valence-corrected chi connectivity index (χ1v) is 12.0. The number of primary amides is 1. The predicted molar refractivity (Wildman–Crippen MR) is 117 cm³/mol. The van der Waals surface area contributed by atoms with Crippen LogP contribution in [-0.2, 0) is 27.5 Å². The number of halogens is 3. The molecule has 1 unspecified atom stereocenters. The number of hydrogen-bond donors (Lipinski definition) is 1. The van der Waals surface area contributed by atoms with Crippen LogP contribution in [0.3, 0.4) is 0 Å². The van der Waals surface area contributed by atoms with Gasteiger partial charge in [0.2, 0.25) is 10.0 Å². The fourth-order valence-corrected chi connectivity index (χ4v) is 6.04. The maximum absolute atomic E-state index is 12.9. The highest BCUT2D eigenvalue weighted by Crippen LogP contribution is 2.43. The summed E-state index contributed by atoms with van der Waals surface area (Å²) in [7, 11) is -3.97. The van der Waals surface area contributed by atoms with Gasteiger partial charge in [0.25, 0.3) is 5.91 Å². The van der Waals surface area contributed by atoms with Crippen LogP contribution in [0.2, 0.25) is 0 Å². The Morgan fingerprint density at radius 3 is 2.36 bits per heavy atom. The lowest BCUT2D eigenvalue weighted by Crippen LogP contribution is -2.47. The smallest absolute Gasteiger partial charge is 0.364 e. The van der Waals surface area contributed by atoms with Gasteiger partial charge in [-0.25, -0.2) is 12.7 Å². The zero-order valence-corrected chi connectivity index (χ0v) is 19.0. The van der Waals surface area contributed by atoms with Crippen LogP contribution >= 0.6 is 11.8 Å². The molecule has 2 N–H and O–H groups in total. The van der Waals surface area contributed by atoms with Crippen molar-refractivity contribution in [1.82, 2.24) is 9.29 Å². The molecule has 1 aliphatic heterocycles. The van der Waals surface area contributed by atoms with E-state index in [1.165, 1.54) is 18.2 Å². The van der Waals surface area contributed by atoms with Gasteiger partial charge in [-0.1, -0.05) is 17.8 Å². The van der Waals surface area contributed by atoms with E-state index in [4.69, 9.17) is 11.0 Å². The molecule has 0 fully saturated rings. The number of allylic oxidation sites excluding steroid dienone is 1. The number of anilines is 1. The Balaban J connectivity index is 2.07. The molecular formula is C20H18F3N5O3S2. The zero-order valence-electron chi connectivity index (χ0n) is 17.4. The average Bonchev–Trinajstić information content (AvgIpc) is 3.09. The van der Waals surface area contributed by atoms with Crippen molar-refractivity contribution in [1.29, 1.82) is 5.26 Å². The van der Waals surface area contributed by atoms with Crippen molar-refractivity contribution in [2.45, 2.75) is 25.1 Å². The molecule has 0 aliphatic carbocycles. The molecular weight excluding hydrogens is 479 g/mol. The zero-order chi connectivity index (χ0) is 24.6. The van der Waals surface area contributed by atoms with Crippen molar-refractivity contribution in [3.63, 3.8) is 0 Å². The summed E-state index contributed by atoms with van der Waals surface area (Å²) in [6.07, 6.45) is -2.62. The SMILES string of the molecule is CC1=C(C(N)=O)N(S(C)(=O)=O)C(N(Cc2ccc(C(F)(F)F)nc2)c2ccc(C#N)cc2)S1. The van der Waals surface area contributed by atoms with E-state index in [1.54, 1.807) is 24.0 Å². The summed E-state index contributed by atoms with van der Waals surface area (Å²) >= 11 is 1.06. The Morgan fingerprint density at radius 1 is 1.27 bits per heavy atom. The van der Waals surface area contributed by atoms with Crippen LogP contribution in [0.4, 0.5) is 18.9 Å². The quantitative estimate of drug-likeness (QED) is 0.651. The van der Waals surface area contributed by atoms with Gasteiger partial charge in [-0.2, -0.15) is 18.4 Å². The van der Waals surface area contributed by atoms with Crippen molar-refractivity contribution >= 4 is 33.4 Å². The first kappa shape index (κ1) is 24.4. The number of hydrogen-bond acceptors (Lipinski definition) is 7. The standard InChI is InChI=1S/C20H18F3N5O3S2/c1-12-17(18(25)29)28(33(2,30)31)19(32-12)27(15-6-3-13(9-24)4-7-15)11-14-5-8-16(26-10-14)20(21,22)23/h3-8,10,19H,11H2,1-2H3,(H2,25,29). The molecule has 1 aliphatic rings. The number of rotatable bonds is 6. The molecule has 1 aromatic heterocycles. The van der Waals surface area contributed by atoms with Crippen LogP contribution in [0.15, 0.2) is 53.2 Å². The van der Waals surface area contributed by atoms with Crippen LogP contribution < -0.4 is 10.6 Å². The second-order valence-electron chi connectivity index (χ2n) is 7.11. The number of nitrogens with zero attached hydrogens (tertiary/aromatic N) is 4. The van der Waals surface area contributed by atoms with Crippen LogP contribution in [0, 0.1) is 11.3 Å². The van der Waals surface area contributed by atoms with Crippen LogP contribution in [0.5, 0.6) is 0 Å². The van der Waals surface area contributed by atoms with E-state index in [9.17, 15) is 26.4 Å². The molecule has 13 heteroatoms. The lowest BCUT2D eigenvalue weighted by molar-refractivity contribution is -0.141. The third-order valence-electron chi connectivity index (χ3n) is 4.69. The molecule has 0 radical (unpaired) electrons. The minimum Gasteiger partial charge on any atom is -0.364 e. The molecule has 0 saturated carbocycles. The maximum atomic E-state index is 12.9. The molecule has 174 valence electrons. The molecule has 1 aromatic carbocycles. The fourth-order valence-electron chi connectivity index (χ4n) is 3.24. The minimum absolute atomic E-state index is 0.0416. The molecule has 33 heavy (non-hydrogen) atoms. The Kier molecular flexibility index (Phi) is 6.62. The third-order valence-corrected chi connectivity index (χ3v) is 7.14. The molecule has 2 aromatic rings. The number of sulfonamides is 1. The summed E-state index contributed by atoms with van der Waals surface area (Å²) in [5.41, 5.74) is 4.41. The van der Waals surface area contributed by atoms with E-state index in [2.05, 4.69) is 4.98 Å². The van der Waals surface area contributed by atoms with E-state index in [0.717, 1.165) is 34.6 Å². The number of nitrogens with two attached hydrogens (primary N) is 1. The minimum atomic E-state index is -4.60. The van der Waals surface area contributed by atoms with Crippen molar-refractivity contribution in [2.24, 2.45) is 5.73 Å². The van der Waals surface area contributed by atoms with Gasteiger partial charge < -0.3 is 10.6 Å². The van der Waals surface area contributed by atoms with E-state index in [1.807, 2.05) is 6.07 Å². The van der Waals surface area contributed by atoms with E-state index in [0.29, 0.717) is 21.7 Å². The van der Waals surface area contributed by atoms with E-state index >= 15 is 0 Å². The predicted octanol–water partition coefficient (Wildman–Crippen LogP) is 2.99. The van der Waals surface area contributed by atoms with Gasteiger partial charge in [0, 0.05) is 23.3 Å². The number of amides is 1. The van der Waals surface area contributed by atoms with Gasteiger partial charge in [-0.05, 0) is 42.8 Å². The molecule has 0 saturated heterocycles. The van der Waals surface area contributed by atoms with Crippen LogP contribution in [0.25, 0.3) is 0 Å². The largest absolute Gasteiger partial charge is 0.433 e. The molecule has 0 bridgehead atoms. The molecule has 2 heterocycles. The summed E-state index contributed by atoms with van der Waals surface area (Å²) in [5.74, 6) is -0.927. The summed E-state index contributed by atoms with van der Waals surface area (Å²) in [6.45, 7) is 1.51. The van der Waals surface area contributed by atoms with Gasteiger partial charge >= 0.3 is 6.18 Å². The Morgan fingerprint density at radius 2 is 1.91 bits per heavy atom. The Labute approximate surface area is 192 Å². The van der Waals surface area contributed by atoms with Crippen molar-refractivity contribution in [3.8, 4) is 6.07 Å². The van der Waals surface area contributed by atoms with E-state index < -0.39 is 33.3 Å². The number of carbonyl (C=O) groups is 1. The number of nitriles is 1.